The number of carbonyl (C=O) groups excluding carboxylic acids is 2. The van der Waals surface area contributed by atoms with Crippen LogP contribution in [-0.2, 0) is 14.3 Å². The van der Waals surface area contributed by atoms with E-state index in [0.717, 1.165) is 0 Å². The van der Waals surface area contributed by atoms with E-state index in [1.165, 1.54) is 24.3 Å². The molecule has 2 atom stereocenters. The fourth-order valence-electron chi connectivity index (χ4n) is 5.98. The van der Waals surface area contributed by atoms with Crippen LogP contribution in [0.2, 0.25) is 0 Å². The first-order valence-corrected chi connectivity index (χ1v) is 12.5. The van der Waals surface area contributed by atoms with Crippen molar-refractivity contribution in [3.63, 3.8) is 0 Å². The first kappa shape index (κ1) is 25.3. The molecule has 0 aromatic heterocycles. The zero-order chi connectivity index (χ0) is 26.6. The predicted molar refractivity (Wildman–Crippen MR) is 134 cm³/mol. The molecule has 0 bridgehead atoms. The Morgan fingerprint density at radius 1 is 1.27 bits per heavy atom. The van der Waals surface area contributed by atoms with E-state index in [0.29, 0.717) is 48.7 Å². The van der Waals surface area contributed by atoms with Gasteiger partial charge in [-0.05, 0) is 56.5 Å². The number of aromatic hydroxyl groups is 1. The van der Waals surface area contributed by atoms with Gasteiger partial charge in [-0.2, -0.15) is 0 Å². The summed E-state index contributed by atoms with van der Waals surface area (Å²) in [6.07, 6.45) is 1.16. The number of β-amino-alcohol motifs (C(OH)–C–C–N with tert-alkyl or cyclic N) is 1. The van der Waals surface area contributed by atoms with Gasteiger partial charge in [0.2, 0.25) is 5.91 Å². The summed E-state index contributed by atoms with van der Waals surface area (Å²) in [5, 5.41) is 24.9. The lowest BCUT2D eigenvalue weighted by Gasteiger charge is -2.46. The standard InChI is InChI=1S/C27H33FN4O5/c1-5-22(35)29-9-10-30-17(12-29)15-37-25-16(2)19(23-20(28)7-6-8-21(23)34)14-31(24(25)26(30)36)32-13-18(33)11-27(32,3)4/h5-8,17-18,33-34H,1,9-15H2,2-4H3/t17-,18+/m1/s1. The molecule has 2 saturated heterocycles. The van der Waals surface area contributed by atoms with E-state index in [1.807, 2.05) is 18.9 Å². The molecular weight excluding hydrogens is 479 g/mol. The Morgan fingerprint density at radius 3 is 2.68 bits per heavy atom. The quantitative estimate of drug-likeness (QED) is 0.597. The molecule has 198 valence electrons. The third kappa shape index (κ3) is 4.18. The second kappa shape index (κ2) is 9.18. The third-order valence-electron chi connectivity index (χ3n) is 7.83. The van der Waals surface area contributed by atoms with Crippen LogP contribution in [0.3, 0.4) is 0 Å². The van der Waals surface area contributed by atoms with Crippen molar-refractivity contribution in [3.8, 4) is 5.75 Å². The van der Waals surface area contributed by atoms with E-state index in [9.17, 15) is 19.8 Å². The molecule has 4 heterocycles. The van der Waals surface area contributed by atoms with Gasteiger partial charge in [-0.1, -0.05) is 12.6 Å². The maximum absolute atomic E-state index is 15.1. The molecule has 4 aliphatic rings. The minimum atomic E-state index is -0.598. The van der Waals surface area contributed by atoms with Gasteiger partial charge in [0.05, 0.1) is 24.3 Å². The number of halogens is 1. The molecule has 4 aliphatic heterocycles. The lowest BCUT2D eigenvalue weighted by Crippen LogP contribution is -2.59. The fraction of sp³-hybridized carbons (Fsp3) is 0.481. The molecular formula is C27H33FN4O5. The number of piperazine rings is 1. The number of allylic oxidation sites excluding steroid dienone is 1. The van der Waals surface area contributed by atoms with Crippen molar-refractivity contribution in [2.24, 2.45) is 0 Å². The van der Waals surface area contributed by atoms with Crippen LogP contribution >= 0.6 is 0 Å². The van der Waals surface area contributed by atoms with E-state index in [2.05, 4.69) is 6.58 Å². The number of fused-ring (bicyclic) bond motifs is 1. The van der Waals surface area contributed by atoms with Gasteiger partial charge in [-0.15, -0.1) is 0 Å². The number of aliphatic hydroxyl groups is 1. The number of hydrogen-bond donors (Lipinski definition) is 2. The smallest absolute Gasteiger partial charge is 0.275 e. The number of amides is 2. The topological polar surface area (TPSA) is 96.8 Å². The minimum absolute atomic E-state index is 0.0647. The lowest BCUT2D eigenvalue weighted by atomic mass is 9.93. The first-order valence-electron chi connectivity index (χ1n) is 12.5. The fourth-order valence-corrected chi connectivity index (χ4v) is 5.98. The lowest BCUT2D eigenvalue weighted by molar-refractivity contribution is -0.142. The van der Waals surface area contributed by atoms with Gasteiger partial charge < -0.3 is 24.7 Å². The van der Waals surface area contributed by atoms with Gasteiger partial charge in [-0.3, -0.25) is 14.6 Å². The Hall–Kier alpha value is -3.37. The highest BCUT2D eigenvalue weighted by Crippen LogP contribution is 2.43. The van der Waals surface area contributed by atoms with Crippen molar-refractivity contribution < 1.29 is 28.9 Å². The van der Waals surface area contributed by atoms with Crippen molar-refractivity contribution in [2.45, 2.75) is 44.9 Å². The van der Waals surface area contributed by atoms with Gasteiger partial charge in [0, 0.05) is 31.7 Å². The second-order valence-electron chi connectivity index (χ2n) is 10.7. The van der Waals surface area contributed by atoms with Crippen molar-refractivity contribution in [1.82, 2.24) is 19.8 Å². The number of benzene rings is 1. The van der Waals surface area contributed by atoms with Crippen LogP contribution in [0.25, 0.3) is 5.57 Å². The van der Waals surface area contributed by atoms with Crippen LogP contribution in [-0.4, -0.2) is 98.9 Å². The average Bonchev–Trinajstić information content (AvgIpc) is 3.04. The molecule has 2 fully saturated rings. The van der Waals surface area contributed by atoms with Crippen molar-refractivity contribution in [1.29, 1.82) is 0 Å². The zero-order valence-electron chi connectivity index (χ0n) is 21.4. The highest BCUT2D eigenvalue weighted by molar-refractivity contribution is 5.97. The maximum Gasteiger partial charge on any atom is 0.275 e. The predicted octanol–water partition coefficient (Wildman–Crippen LogP) is 1.85. The average molecular weight is 513 g/mol. The van der Waals surface area contributed by atoms with Gasteiger partial charge in [0.25, 0.3) is 5.91 Å². The van der Waals surface area contributed by atoms with Crippen LogP contribution in [0.15, 0.2) is 47.9 Å². The number of hydrazine groups is 1. The normalized spacial score (nSPS) is 26.1. The summed E-state index contributed by atoms with van der Waals surface area (Å²) in [6, 6.07) is 3.79. The molecule has 0 unspecified atom stereocenters. The van der Waals surface area contributed by atoms with Gasteiger partial charge >= 0.3 is 0 Å². The van der Waals surface area contributed by atoms with Crippen LogP contribution in [0.4, 0.5) is 4.39 Å². The van der Waals surface area contributed by atoms with E-state index < -0.39 is 17.5 Å². The summed E-state index contributed by atoms with van der Waals surface area (Å²) in [6.45, 7) is 10.9. The molecule has 0 aliphatic carbocycles. The number of aliphatic hydroxyl groups excluding tert-OH is 1. The van der Waals surface area contributed by atoms with Gasteiger partial charge in [0.1, 0.15) is 18.2 Å². The number of phenols is 1. The Kier molecular flexibility index (Phi) is 6.27. The van der Waals surface area contributed by atoms with E-state index in [4.69, 9.17) is 4.74 Å². The molecule has 0 radical (unpaired) electrons. The SMILES string of the molecule is C=CC(=O)N1CCN2C(=O)C3=C(OC[C@H]2C1)C(C)=C(c1c(O)cccc1F)CN3N1C[C@@H](O)CC1(C)C. The third-order valence-corrected chi connectivity index (χ3v) is 7.83. The summed E-state index contributed by atoms with van der Waals surface area (Å²) < 4.78 is 21.4. The molecule has 10 heteroatoms. The molecule has 2 N–H and O–H groups in total. The van der Waals surface area contributed by atoms with E-state index in [-0.39, 0.29) is 48.9 Å². The number of phenolic OH excluding ortho intramolecular Hbond substituents is 1. The van der Waals surface area contributed by atoms with Gasteiger partial charge in [0.15, 0.2) is 11.5 Å². The van der Waals surface area contributed by atoms with E-state index in [1.54, 1.807) is 21.7 Å². The Balaban J connectivity index is 1.62. The number of nitrogens with zero attached hydrogens (tertiary/aromatic N) is 4. The number of rotatable bonds is 3. The molecule has 9 nitrogen and oxygen atoms in total. The molecule has 0 saturated carbocycles. The molecule has 1 aromatic rings. The number of ether oxygens (including phenoxy) is 1. The Labute approximate surface area is 215 Å². The van der Waals surface area contributed by atoms with Gasteiger partial charge in [-0.25, -0.2) is 9.40 Å². The van der Waals surface area contributed by atoms with Crippen molar-refractivity contribution >= 4 is 17.4 Å². The first-order chi connectivity index (χ1) is 17.5. The van der Waals surface area contributed by atoms with Crippen LogP contribution in [0.5, 0.6) is 5.75 Å². The molecule has 5 rings (SSSR count). The highest BCUT2D eigenvalue weighted by atomic mass is 19.1. The Bertz CT molecular complexity index is 1200. The van der Waals surface area contributed by atoms with Crippen LogP contribution in [0.1, 0.15) is 32.8 Å². The number of carbonyl (C=O) groups is 2. The largest absolute Gasteiger partial charge is 0.507 e. The van der Waals surface area contributed by atoms with Crippen LogP contribution < -0.4 is 0 Å². The monoisotopic (exact) mass is 512 g/mol. The summed E-state index contributed by atoms with van der Waals surface area (Å²) >= 11 is 0. The Morgan fingerprint density at radius 2 is 2.03 bits per heavy atom. The summed E-state index contributed by atoms with van der Waals surface area (Å²) in [7, 11) is 0. The molecule has 2 amide bonds. The maximum atomic E-state index is 15.1. The van der Waals surface area contributed by atoms with Crippen molar-refractivity contribution in [2.75, 3.05) is 39.3 Å². The molecule has 37 heavy (non-hydrogen) atoms. The molecule has 1 aromatic carbocycles. The summed E-state index contributed by atoms with van der Waals surface area (Å²) in [5.74, 6) is -0.888. The zero-order valence-corrected chi connectivity index (χ0v) is 21.4. The second-order valence-corrected chi connectivity index (χ2v) is 10.7. The summed E-state index contributed by atoms with van der Waals surface area (Å²) in [5.41, 5.74) is 0.964. The molecule has 0 spiro atoms. The minimum Gasteiger partial charge on any atom is -0.507 e. The number of hydrogen-bond acceptors (Lipinski definition) is 7. The van der Waals surface area contributed by atoms with E-state index >= 15 is 4.39 Å². The highest BCUT2D eigenvalue weighted by Gasteiger charge is 2.48. The summed E-state index contributed by atoms with van der Waals surface area (Å²) in [4.78, 5) is 29.8. The van der Waals surface area contributed by atoms with Crippen molar-refractivity contribution in [3.05, 3.63) is 59.3 Å². The van der Waals surface area contributed by atoms with Crippen LogP contribution in [0, 0.1) is 5.82 Å².